The van der Waals surface area contributed by atoms with Crippen LogP contribution < -0.4 is 10.1 Å². The molecule has 0 saturated heterocycles. The predicted octanol–water partition coefficient (Wildman–Crippen LogP) is 4.12. The molecule has 0 aliphatic carbocycles. The van der Waals surface area contributed by atoms with Crippen molar-refractivity contribution in [3.05, 3.63) is 64.7 Å². The molecule has 1 amide bonds. The fraction of sp³-hybridized carbons (Fsp3) is 0.333. The Morgan fingerprint density at radius 3 is 2.54 bits per heavy atom. The van der Waals surface area contributed by atoms with E-state index in [1.54, 1.807) is 36.0 Å². The first kappa shape index (κ1) is 22.1. The minimum atomic E-state index is -0.741. The van der Waals surface area contributed by atoms with E-state index in [-0.39, 0.29) is 13.2 Å². The monoisotopic (exact) mass is 421 g/mol. The Bertz CT molecular complexity index is 799. The molecule has 1 N–H and O–H groups in total. The molecule has 150 valence electrons. The van der Waals surface area contributed by atoms with Crippen molar-refractivity contribution in [2.75, 3.05) is 25.2 Å². The number of carbonyl (C=O) groups is 2. The van der Waals surface area contributed by atoms with Crippen LogP contribution in [0.15, 0.2) is 48.5 Å². The van der Waals surface area contributed by atoms with Crippen molar-refractivity contribution >= 4 is 35.2 Å². The van der Waals surface area contributed by atoms with E-state index < -0.39 is 17.9 Å². The predicted molar refractivity (Wildman–Crippen MR) is 113 cm³/mol. The minimum Gasteiger partial charge on any atom is -0.490 e. The zero-order chi connectivity index (χ0) is 20.4. The van der Waals surface area contributed by atoms with E-state index in [0.29, 0.717) is 22.8 Å². The maximum Gasteiger partial charge on any atom is 0.328 e. The van der Waals surface area contributed by atoms with E-state index in [0.717, 1.165) is 11.3 Å². The largest absolute Gasteiger partial charge is 0.490 e. The van der Waals surface area contributed by atoms with E-state index in [4.69, 9.17) is 21.1 Å². The third-order valence-corrected chi connectivity index (χ3v) is 4.97. The summed E-state index contributed by atoms with van der Waals surface area (Å²) in [6.45, 7) is 2.29. The van der Waals surface area contributed by atoms with Crippen molar-refractivity contribution in [2.24, 2.45) is 0 Å². The number of hydrogen-bond acceptors (Lipinski definition) is 5. The van der Waals surface area contributed by atoms with Crippen LogP contribution in [0.4, 0.5) is 0 Å². The van der Waals surface area contributed by atoms with Gasteiger partial charge < -0.3 is 14.8 Å². The van der Waals surface area contributed by atoms with E-state index in [1.807, 2.05) is 37.4 Å². The summed E-state index contributed by atoms with van der Waals surface area (Å²) in [5, 5.41) is 3.06. The van der Waals surface area contributed by atoms with Crippen LogP contribution in [0, 0.1) is 6.92 Å². The van der Waals surface area contributed by atoms with Crippen molar-refractivity contribution in [2.45, 2.75) is 19.4 Å². The highest BCUT2D eigenvalue weighted by molar-refractivity contribution is 7.98. The number of ether oxygens (including phenoxy) is 2. The molecule has 2 aromatic rings. The first-order chi connectivity index (χ1) is 13.5. The molecule has 2 rings (SSSR count). The van der Waals surface area contributed by atoms with Gasteiger partial charge in [-0.25, -0.2) is 4.79 Å². The Labute approximate surface area is 174 Å². The van der Waals surface area contributed by atoms with Gasteiger partial charge in [-0.2, -0.15) is 11.8 Å². The first-order valence-electron chi connectivity index (χ1n) is 8.92. The number of rotatable bonds is 10. The Balaban J connectivity index is 1.88. The van der Waals surface area contributed by atoms with Gasteiger partial charge >= 0.3 is 5.97 Å². The van der Waals surface area contributed by atoms with Crippen LogP contribution in [0.3, 0.4) is 0 Å². The standard InChI is InChI=1S/C21H24ClNO4S/c1-15-7-3-6-10-19(15)26-12-13-27-21(25)18(11-14-28-2)23-20(24)16-8-4-5-9-17(16)22/h3-10,18H,11-14H2,1-2H3,(H,23,24). The Morgan fingerprint density at radius 1 is 1.11 bits per heavy atom. The van der Waals surface area contributed by atoms with E-state index >= 15 is 0 Å². The number of nitrogens with one attached hydrogen (secondary N) is 1. The SMILES string of the molecule is CSCCC(NC(=O)c1ccccc1Cl)C(=O)OCCOc1ccccc1C. The van der Waals surface area contributed by atoms with E-state index in [1.165, 1.54) is 0 Å². The number of aryl methyl sites for hydroxylation is 1. The molecule has 0 fully saturated rings. The maximum absolute atomic E-state index is 12.5. The van der Waals surface area contributed by atoms with E-state index in [9.17, 15) is 9.59 Å². The smallest absolute Gasteiger partial charge is 0.328 e. The fourth-order valence-electron chi connectivity index (χ4n) is 2.48. The van der Waals surface area contributed by atoms with Gasteiger partial charge in [0, 0.05) is 0 Å². The molecule has 1 atom stereocenters. The Morgan fingerprint density at radius 2 is 1.82 bits per heavy atom. The number of esters is 1. The molecule has 0 aliphatic heterocycles. The topological polar surface area (TPSA) is 64.6 Å². The molecule has 0 radical (unpaired) electrons. The van der Waals surface area contributed by atoms with Gasteiger partial charge in [0.25, 0.3) is 5.91 Å². The molecule has 0 heterocycles. The van der Waals surface area contributed by atoms with Crippen molar-refractivity contribution in [3.63, 3.8) is 0 Å². The van der Waals surface area contributed by atoms with Gasteiger partial charge in [0.1, 0.15) is 25.0 Å². The highest BCUT2D eigenvalue weighted by Gasteiger charge is 2.23. The molecule has 0 aromatic heterocycles. The summed E-state index contributed by atoms with van der Waals surface area (Å²) in [4.78, 5) is 24.9. The number of carbonyl (C=O) groups excluding carboxylic acids is 2. The summed E-state index contributed by atoms with van der Waals surface area (Å²) in [5.74, 6) is 0.583. The molecule has 5 nitrogen and oxygen atoms in total. The highest BCUT2D eigenvalue weighted by Crippen LogP contribution is 2.17. The average Bonchev–Trinajstić information content (AvgIpc) is 2.69. The van der Waals surface area contributed by atoms with Crippen LogP contribution in [0.5, 0.6) is 5.75 Å². The van der Waals surface area contributed by atoms with Crippen molar-refractivity contribution in [3.8, 4) is 5.75 Å². The molecule has 0 spiro atoms. The lowest BCUT2D eigenvalue weighted by molar-refractivity contribution is -0.146. The molecule has 0 saturated carbocycles. The number of para-hydroxylation sites is 1. The number of thioether (sulfide) groups is 1. The van der Waals surface area contributed by atoms with Crippen molar-refractivity contribution in [1.82, 2.24) is 5.32 Å². The third-order valence-electron chi connectivity index (χ3n) is 4.00. The summed E-state index contributed by atoms with van der Waals surface area (Å²) in [6.07, 6.45) is 2.41. The van der Waals surface area contributed by atoms with Crippen LogP contribution in [0.2, 0.25) is 5.02 Å². The number of hydrogen-bond donors (Lipinski definition) is 1. The molecule has 0 bridgehead atoms. The zero-order valence-electron chi connectivity index (χ0n) is 15.9. The molecular formula is C21H24ClNO4S. The molecule has 28 heavy (non-hydrogen) atoms. The second kappa shape index (κ2) is 11.6. The van der Waals surface area contributed by atoms with Crippen LogP contribution in [-0.4, -0.2) is 43.1 Å². The maximum atomic E-state index is 12.5. The zero-order valence-corrected chi connectivity index (χ0v) is 17.5. The fourth-order valence-corrected chi connectivity index (χ4v) is 3.17. The molecule has 0 aliphatic rings. The normalized spacial score (nSPS) is 11.5. The lowest BCUT2D eigenvalue weighted by Crippen LogP contribution is -2.42. The van der Waals surface area contributed by atoms with Gasteiger partial charge in [0.15, 0.2) is 0 Å². The molecule has 1 unspecified atom stereocenters. The van der Waals surface area contributed by atoms with Crippen LogP contribution >= 0.6 is 23.4 Å². The number of benzene rings is 2. The summed E-state index contributed by atoms with van der Waals surface area (Å²) in [7, 11) is 0. The van der Waals surface area contributed by atoms with Crippen LogP contribution in [0.1, 0.15) is 22.3 Å². The Hall–Kier alpha value is -2.18. The second-order valence-corrected chi connectivity index (χ2v) is 7.46. The minimum absolute atomic E-state index is 0.102. The lowest BCUT2D eigenvalue weighted by Gasteiger charge is -2.18. The summed E-state index contributed by atoms with van der Waals surface area (Å²) in [5.41, 5.74) is 1.34. The summed E-state index contributed by atoms with van der Waals surface area (Å²) in [6, 6.07) is 13.6. The van der Waals surface area contributed by atoms with Crippen LogP contribution in [-0.2, 0) is 9.53 Å². The third kappa shape index (κ3) is 6.77. The first-order valence-corrected chi connectivity index (χ1v) is 10.7. The number of halogens is 1. The van der Waals surface area contributed by atoms with Gasteiger partial charge in [0.05, 0.1) is 10.6 Å². The van der Waals surface area contributed by atoms with Gasteiger partial charge in [0.2, 0.25) is 0 Å². The average molecular weight is 422 g/mol. The highest BCUT2D eigenvalue weighted by atomic mass is 35.5. The van der Waals surface area contributed by atoms with Crippen molar-refractivity contribution in [1.29, 1.82) is 0 Å². The van der Waals surface area contributed by atoms with Crippen LogP contribution in [0.25, 0.3) is 0 Å². The van der Waals surface area contributed by atoms with Gasteiger partial charge in [-0.15, -0.1) is 0 Å². The van der Waals surface area contributed by atoms with Gasteiger partial charge in [-0.3, -0.25) is 4.79 Å². The number of amides is 1. The van der Waals surface area contributed by atoms with E-state index in [2.05, 4.69) is 5.32 Å². The molecular weight excluding hydrogens is 398 g/mol. The van der Waals surface area contributed by atoms with Gasteiger partial charge in [-0.05, 0) is 49.1 Å². The lowest BCUT2D eigenvalue weighted by atomic mass is 10.1. The second-order valence-electron chi connectivity index (χ2n) is 6.07. The summed E-state index contributed by atoms with van der Waals surface area (Å²) < 4.78 is 10.9. The Kier molecular flexibility index (Phi) is 9.17. The quantitative estimate of drug-likeness (QED) is 0.461. The van der Waals surface area contributed by atoms with Gasteiger partial charge in [-0.1, -0.05) is 41.9 Å². The van der Waals surface area contributed by atoms with Crippen molar-refractivity contribution < 1.29 is 19.1 Å². The summed E-state index contributed by atoms with van der Waals surface area (Å²) >= 11 is 7.65. The molecule has 7 heteroatoms. The molecule has 2 aromatic carbocycles.